The number of hydrogen-bond donors (Lipinski definition) is 3. The average molecular weight is 419 g/mol. The van der Waals surface area contributed by atoms with Crippen molar-refractivity contribution < 1.29 is 19.5 Å². The van der Waals surface area contributed by atoms with Crippen LogP contribution in [-0.2, 0) is 40.1 Å². The number of carbonyl (C=O) groups is 3. The van der Waals surface area contributed by atoms with Gasteiger partial charge in [0.05, 0.1) is 17.7 Å². The van der Waals surface area contributed by atoms with E-state index >= 15 is 0 Å². The van der Waals surface area contributed by atoms with Crippen LogP contribution in [-0.4, -0.2) is 41.5 Å². The Morgan fingerprint density at radius 2 is 1.81 bits per heavy atom. The van der Waals surface area contributed by atoms with Crippen LogP contribution in [0, 0.1) is 0 Å². The molecule has 2 aromatic rings. The molecule has 1 atom stereocenters. The minimum Gasteiger partial charge on any atom is -0.388 e. The van der Waals surface area contributed by atoms with Crippen molar-refractivity contribution in [3.8, 4) is 0 Å². The van der Waals surface area contributed by atoms with Gasteiger partial charge in [0.2, 0.25) is 5.91 Å². The number of rotatable bonds is 3. The van der Waals surface area contributed by atoms with Gasteiger partial charge in [-0.05, 0) is 60.1 Å². The first-order valence-corrected chi connectivity index (χ1v) is 10.8. The second-order valence-electron chi connectivity index (χ2n) is 8.78. The molecule has 2 aromatic carbocycles. The van der Waals surface area contributed by atoms with Crippen molar-refractivity contribution in [2.24, 2.45) is 0 Å². The molecule has 7 heteroatoms. The highest BCUT2D eigenvalue weighted by Crippen LogP contribution is 2.38. The van der Waals surface area contributed by atoms with E-state index in [1.165, 1.54) is 5.56 Å². The second kappa shape index (κ2) is 7.50. The van der Waals surface area contributed by atoms with Crippen LogP contribution in [0.2, 0.25) is 0 Å². The smallest absolute Gasteiger partial charge is 0.313 e. The van der Waals surface area contributed by atoms with Gasteiger partial charge in [0.15, 0.2) is 0 Å². The lowest BCUT2D eigenvalue weighted by Crippen LogP contribution is -2.49. The number of hydrogen-bond acceptors (Lipinski definition) is 4. The summed E-state index contributed by atoms with van der Waals surface area (Å²) in [5.74, 6) is -1.47. The van der Waals surface area contributed by atoms with Crippen LogP contribution in [0.4, 0.5) is 11.4 Å². The van der Waals surface area contributed by atoms with Gasteiger partial charge in [-0.3, -0.25) is 14.4 Å². The van der Waals surface area contributed by atoms with Gasteiger partial charge in [-0.15, -0.1) is 0 Å². The Balaban J connectivity index is 1.22. The molecule has 0 saturated heterocycles. The van der Waals surface area contributed by atoms with Crippen LogP contribution in [0.3, 0.4) is 0 Å². The van der Waals surface area contributed by atoms with E-state index in [1.807, 2.05) is 29.2 Å². The summed E-state index contributed by atoms with van der Waals surface area (Å²) in [6, 6.07) is 11.6. The molecule has 31 heavy (non-hydrogen) atoms. The van der Waals surface area contributed by atoms with Crippen LogP contribution in [0.5, 0.6) is 0 Å². The maximum absolute atomic E-state index is 12.4. The van der Waals surface area contributed by atoms with E-state index in [2.05, 4.69) is 16.7 Å². The molecule has 5 rings (SSSR count). The molecule has 0 spiro atoms. The average Bonchev–Trinajstić information content (AvgIpc) is 3.08. The first-order chi connectivity index (χ1) is 14.9. The number of aryl methyl sites for hydroxylation is 2. The molecule has 2 aliphatic heterocycles. The lowest BCUT2D eigenvalue weighted by atomic mass is 9.80. The fraction of sp³-hybridized carbons (Fsp3) is 0.375. The fourth-order valence-corrected chi connectivity index (χ4v) is 5.00. The van der Waals surface area contributed by atoms with Crippen molar-refractivity contribution >= 4 is 29.1 Å². The Bertz CT molecular complexity index is 1100. The number of anilines is 2. The quantitative estimate of drug-likeness (QED) is 0.657. The van der Waals surface area contributed by atoms with Gasteiger partial charge in [-0.1, -0.05) is 24.3 Å². The molecule has 0 bridgehead atoms. The number of aliphatic hydroxyl groups is 1. The van der Waals surface area contributed by atoms with Gasteiger partial charge in [0.25, 0.3) is 0 Å². The number of fused-ring (bicyclic) bond motifs is 1. The lowest BCUT2D eigenvalue weighted by Gasteiger charge is -2.33. The number of nitrogens with zero attached hydrogens (tertiary/aromatic N) is 1. The Labute approximate surface area is 180 Å². The predicted molar refractivity (Wildman–Crippen MR) is 116 cm³/mol. The van der Waals surface area contributed by atoms with Crippen LogP contribution < -0.4 is 15.5 Å². The van der Waals surface area contributed by atoms with E-state index < -0.39 is 17.4 Å². The number of benzene rings is 2. The van der Waals surface area contributed by atoms with Crippen molar-refractivity contribution in [2.75, 3.05) is 23.3 Å². The van der Waals surface area contributed by atoms with Crippen molar-refractivity contribution in [2.45, 2.75) is 44.1 Å². The summed E-state index contributed by atoms with van der Waals surface area (Å²) in [5.41, 5.74) is 4.65. The molecule has 3 N–H and O–H groups in total. The highest BCUT2D eigenvalue weighted by Gasteiger charge is 2.34. The maximum atomic E-state index is 12.4. The molecule has 0 unspecified atom stereocenters. The number of nitrogens with one attached hydrogen (secondary N) is 2. The molecule has 3 aliphatic rings. The molecule has 0 radical (unpaired) electrons. The summed E-state index contributed by atoms with van der Waals surface area (Å²) in [6.07, 6.45) is 3.78. The van der Waals surface area contributed by atoms with Gasteiger partial charge in [0, 0.05) is 25.2 Å². The molecule has 1 aliphatic carbocycles. The summed E-state index contributed by atoms with van der Waals surface area (Å²) in [5, 5.41) is 16.1. The van der Waals surface area contributed by atoms with Gasteiger partial charge in [-0.2, -0.15) is 0 Å². The Kier molecular flexibility index (Phi) is 4.78. The maximum Gasteiger partial charge on any atom is 0.313 e. The molecule has 2 heterocycles. The predicted octanol–water partition coefficient (Wildman–Crippen LogP) is 1.50. The van der Waals surface area contributed by atoms with E-state index in [0.29, 0.717) is 24.9 Å². The molecular formula is C24H25N3O4. The second-order valence-corrected chi connectivity index (χ2v) is 8.78. The zero-order valence-corrected chi connectivity index (χ0v) is 17.2. The molecular weight excluding hydrogens is 394 g/mol. The summed E-state index contributed by atoms with van der Waals surface area (Å²) < 4.78 is 0. The summed E-state index contributed by atoms with van der Waals surface area (Å²) >= 11 is 0. The van der Waals surface area contributed by atoms with Gasteiger partial charge >= 0.3 is 11.8 Å². The number of amides is 3. The molecule has 3 amide bonds. The third kappa shape index (κ3) is 3.70. The van der Waals surface area contributed by atoms with E-state index in [9.17, 15) is 19.5 Å². The zero-order chi connectivity index (χ0) is 21.6. The Hall–Kier alpha value is -3.19. The minimum absolute atomic E-state index is 0.0203. The van der Waals surface area contributed by atoms with Crippen molar-refractivity contribution in [3.63, 3.8) is 0 Å². The third-order valence-corrected chi connectivity index (χ3v) is 6.55. The molecule has 0 aromatic heterocycles. The third-order valence-electron chi connectivity index (χ3n) is 6.55. The van der Waals surface area contributed by atoms with E-state index in [0.717, 1.165) is 48.2 Å². The van der Waals surface area contributed by atoms with Crippen molar-refractivity contribution in [1.82, 2.24) is 5.32 Å². The van der Waals surface area contributed by atoms with Gasteiger partial charge < -0.3 is 20.6 Å². The van der Waals surface area contributed by atoms with Gasteiger partial charge in [0.1, 0.15) is 0 Å². The van der Waals surface area contributed by atoms with E-state index in [1.54, 1.807) is 6.07 Å². The van der Waals surface area contributed by atoms with E-state index in [-0.39, 0.29) is 12.5 Å². The lowest BCUT2D eigenvalue weighted by molar-refractivity contribution is -0.136. The van der Waals surface area contributed by atoms with Crippen LogP contribution in [0.25, 0.3) is 0 Å². The fourth-order valence-electron chi connectivity index (χ4n) is 5.00. The highest BCUT2D eigenvalue weighted by molar-refractivity contribution is 6.39. The molecule has 0 fully saturated rings. The van der Waals surface area contributed by atoms with Crippen LogP contribution >= 0.6 is 0 Å². The first-order valence-electron chi connectivity index (χ1n) is 10.8. The van der Waals surface area contributed by atoms with Gasteiger partial charge in [-0.25, -0.2) is 0 Å². The Morgan fingerprint density at radius 1 is 1.03 bits per heavy atom. The molecule has 0 saturated carbocycles. The molecule has 160 valence electrons. The standard InChI is InChI=1S/C24H25N3O4/c28-20-12-18-11-19(10-16-6-3-9-27(20)21(16)18)26-23(30)22(29)25-14-24(31)8-7-15-4-1-2-5-17(15)13-24/h1-2,4-5,10-11,31H,3,6-9,12-14H2,(H,25,29)(H,26,30)/t24-/m1/s1. The monoisotopic (exact) mass is 419 g/mol. The van der Waals surface area contributed by atoms with Crippen molar-refractivity contribution in [1.29, 1.82) is 0 Å². The van der Waals surface area contributed by atoms with E-state index in [4.69, 9.17) is 0 Å². The summed E-state index contributed by atoms with van der Waals surface area (Å²) in [6.45, 7) is 0.757. The Morgan fingerprint density at radius 3 is 2.65 bits per heavy atom. The topological polar surface area (TPSA) is 98.7 Å². The summed E-state index contributed by atoms with van der Waals surface area (Å²) in [4.78, 5) is 38.8. The SMILES string of the molecule is O=C(NC[C@@]1(O)CCc2ccccc2C1)C(=O)Nc1cc2c3c(c1)CC(=O)N3CCC2. The van der Waals surface area contributed by atoms with Crippen LogP contribution in [0.1, 0.15) is 35.1 Å². The number of carbonyl (C=O) groups excluding carboxylic acids is 3. The highest BCUT2D eigenvalue weighted by atomic mass is 16.3. The first kappa shape index (κ1) is 19.8. The zero-order valence-electron chi connectivity index (χ0n) is 17.2. The largest absolute Gasteiger partial charge is 0.388 e. The van der Waals surface area contributed by atoms with Crippen molar-refractivity contribution in [3.05, 3.63) is 58.7 Å². The minimum atomic E-state index is -1.06. The normalized spacial score (nSPS) is 21.3. The molecule has 7 nitrogen and oxygen atoms in total. The van der Waals surface area contributed by atoms with Crippen LogP contribution in [0.15, 0.2) is 36.4 Å². The summed E-state index contributed by atoms with van der Waals surface area (Å²) in [7, 11) is 0.